The fourth-order valence-corrected chi connectivity index (χ4v) is 2.50. The van der Waals surface area contributed by atoms with Crippen molar-refractivity contribution in [1.82, 2.24) is 0 Å². The Kier molecular flexibility index (Phi) is 5.36. The normalized spacial score (nSPS) is 14.3. The van der Waals surface area contributed by atoms with E-state index >= 15 is 0 Å². The average Bonchev–Trinajstić information content (AvgIpc) is 3.02. The van der Waals surface area contributed by atoms with Crippen molar-refractivity contribution in [3.63, 3.8) is 0 Å². The van der Waals surface area contributed by atoms with E-state index in [9.17, 15) is 0 Å². The van der Waals surface area contributed by atoms with Gasteiger partial charge in [0.25, 0.3) is 0 Å². The average molecular weight is 328 g/mol. The van der Waals surface area contributed by atoms with E-state index in [4.69, 9.17) is 23.7 Å². The lowest BCUT2D eigenvalue weighted by Gasteiger charge is -2.12. The van der Waals surface area contributed by atoms with Gasteiger partial charge in [0, 0.05) is 25.4 Å². The highest BCUT2D eigenvalue weighted by molar-refractivity contribution is 5.87. The monoisotopic (exact) mass is 328 g/mol. The Balaban J connectivity index is 1.87. The third kappa shape index (κ3) is 3.69. The van der Waals surface area contributed by atoms with Crippen molar-refractivity contribution in [3.8, 4) is 17.2 Å². The summed E-state index contributed by atoms with van der Waals surface area (Å²) < 4.78 is 26.7. The standard InChI is InChI=1S/C19H20O5/c1-20-12-23-18-8-7-14(10-19(18)24-13-21-2)9-15-11-22-17-6-4-3-5-16(15)17/h3-10H,11-13H2,1-2H3. The van der Waals surface area contributed by atoms with E-state index < -0.39 is 0 Å². The van der Waals surface area contributed by atoms with Crippen molar-refractivity contribution in [3.05, 3.63) is 53.6 Å². The quantitative estimate of drug-likeness (QED) is 0.727. The second-order valence-corrected chi connectivity index (χ2v) is 5.26. The predicted molar refractivity (Wildman–Crippen MR) is 91.3 cm³/mol. The van der Waals surface area contributed by atoms with E-state index in [1.54, 1.807) is 14.2 Å². The first-order chi connectivity index (χ1) is 11.8. The molecule has 2 aromatic rings. The summed E-state index contributed by atoms with van der Waals surface area (Å²) in [5.74, 6) is 2.13. The fourth-order valence-electron chi connectivity index (χ4n) is 2.50. The maximum Gasteiger partial charge on any atom is 0.188 e. The van der Waals surface area contributed by atoms with Gasteiger partial charge in [-0.25, -0.2) is 0 Å². The summed E-state index contributed by atoms with van der Waals surface area (Å²) in [5, 5.41) is 0. The summed E-state index contributed by atoms with van der Waals surface area (Å²) >= 11 is 0. The van der Waals surface area contributed by atoms with Gasteiger partial charge in [-0.3, -0.25) is 0 Å². The van der Waals surface area contributed by atoms with E-state index in [1.807, 2.05) is 36.4 Å². The molecule has 24 heavy (non-hydrogen) atoms. The van der Waals surface area contributed by atoms with Crippen LogP contribution in [-0.2, 0) is 9.47 Å². The van der Waals surface area contributed by atoms with Gasteiger partial charge in [0.15, 0.2) is 25.1 Å². The van der Waals surface area contributed by atoms with Crippen LogP contribution in [0, 0.1) is 0 Å². The summed E-state index contributed by atoms with van der Waals surface area (Å²) in [6.07, 6.45) is 2.09. The van der Waals surface area contributed by atoms with E-state index in [1.165, 1.54) is 0 Å². The van der Waals surface area contributed by atoms with Crippen molar-refractivity contribution < 1.29 is 23.7 Å². The van der Waals surface area contributed by atoms with Crippen molar-refractivity contribution >= 4 is 11.6 Å². The van der Waals surface area contributed by atoms with Gasteiger partial charge in [0.1, 0.15) is 12.4 Å². The first-order valence-electron chi connectivity index (χ1n) is 7.62. The van der Waals surface area contributed by atoms with Crippen LogP contribution in [0.25, 0.3) is 11.6 Å². The lowest BCUT2D eigenvalue weighted by Crippen LogP contribution is -2.04. The molecule has 0 atom stereocenters. The lowest BCUT2D eigenvalue weighted by molar-refractivity contribution is 0.0322. The second kappa shape index (κ2) is 7.86. The van der Waals surface area contributed by atoms with E-state index in [2.05, 4.69) is 12.1 Å². The van der Waals surface area contributed by atoms with Crippen LogP contribution in [0.4, 0.5) is 0 Å². The molecule has 5 nitrogen and oxygen atoms in total. The summed E-state index contributed by atoms with van der Waals surface area (Å²) in [7, 11) is 3.15. The number of fused-ring (bicyclic) bond motifs is 1. The molecule has 0 radical (unpaired) electrons. The van der Waals surface area contributed by atoms with Gasteiger partial charge in [0.2, 0.25) is 0 Å². The maximum absolute atomic E-state index is 5.69. The SMILES string of the molecule is COCOc1ccc(C=C2COc3ccccc32)cc1OCOC. The number of hydrogen-bond donors (Lipinski definition) is 0. The van der Waals surface area contributed by atoms with Crippen LogP contribution in [0.15, 0.2) is 42.5 Å². The zero-order valence-corrected chi connectivity index (χ0v) is 13.8. The Hall–Kier alpha value is -2.50. The first kappa shape index (κ1) is 16.4. The van der Waals surface area contributed by atoms with Crippen LogP contribution < -0.4 is 14.2 Å². The number of rotatable bonds is 7. The van der Waals surface area contributed by atoms with Gasteiger partial charge >= 0.3 is 0 Å². The molecule has 5 heteroatoms. The Labute approximate surface area is 141 Å². The van der Waals surface area contributed by atoms with E-state index in [0.29, 0.717) is 18.1 Å². The van der Waals surface area contributed by atoms with Crippen LogP contribution >= 0.6 is 0 Å². The highest BCUT2D eigenvalue weighted by Crippen LogP contribution is 2.35. The molecule has 0 saturated carbocycles. The summed E-state index contributed by atoms with van der Waals surface area (Å²) in [4.78, 5) is 0. The van der Waals surface area contributed by atoms with Gasteiger partial charge in [-0.05, 0) is 29.8 Å². The predicted octanol–water partition coefficient (Wildman–Crippen LogP) is 3.59. The Morgan fingerprint density at radius 3 is 2.50 bits per heavy atom. The first-order valence-corrected chi connectivity index (χ1v) is 7.62. The van der Waals surface area contributed by atoms with Crippen molar-refractivity contribution in [2.45, 2.75) is 0 Å². The molecule has 0 fully saturated rings. The summed E-state index contributed by atoms with van der Waals surface area (Å²) in [6, 6.07) is 13.8. The Morgan fingerprint density at radius 2 is 1.71 bits per heavy atom. The van der Waals surface area contributed by atoms with Gasteiger partial charge in [-0.15, -0.1) is 0 Å². The zero-order chi connectivity index (χ0) is 16.8. The van der Waals surface area contributed by atoms with Gasteiger partial charge in [-0.1, -0.05) is 24.3 Å². The van der Waals surface area contributed by atoms with Gasteiger partial charge < -0.3 is 23.7 Å². The molecule has 0 N–H and O–H groups in total. The third-order valence-corrected chi connectivity index (χ3v) is 3.59. The molecule has 0 saturated heterocycles. The van der Waals surface area contributed by atoms with Crippen molar-refractivity contribution in [1.29, 1.82) is 0 Å². The minimum absolute atomic E-state index is 0.148. The molecule has 0 spiro atoms. The topological polar surface area (TPSA) is 46.2 Å². The molecule has 2 aromatic carbocycles. The summed E-state index contributed by atoms with van der Waals surface area (Å²) in [5.41, 5.74) is 3.26. The minimum Gasteiger partial charge on any atom is -0.488 e. The van der Waals surface area contributed by atoms with Crippen LogP contribution in [0.2, 0.25) is 0 Å². The zero-order valence-electron chi connectivity index (χ0n) is 13.8. The van der Waals surface area contributed by atoms with Crippen LogP contribution in [0.3, 0.4) is 0 Å². The molecule has 0 aromatic heterocycles. The van der Waals surface area contributed by atoms with Gasteiger partial charge in [-0.2, -0.15) is 0 Å². The van der Waals surface area contributed by atoms with Gasteiger partial charge in [0.05, 0.1) is 0 Å². The van der Waals surface area contributed by atoms with Crippen molar-refractivity contribution in [2.24, 2.45) is 0 Å². The number of benzene rings is 2. The smallest absolute Gasteiger partial charge is 0.188 e. The number of hydrogen-bond acceptors (Lipinski definition) is 5. The Morgan fingerprint density at radius 1 is 0.958 bits per heavy atom. The molecular weight excluding hydrogens is 308 g/mol. The summed E-state index contributed by atoms with van der Waals surface area (Å²) in [6.45, 7) is 0.871. The van der Waals surface area contributed by atoms with Crippen LogP contribution in [-0.4, -0.2) is 34.4 Å². The molecule has 126 valence electrons. The second-order valence-electron chi connectivity index (χ2n) is 5.26. The van der Waals surface area contributed by atoms with Crippen molar-refractivity contribution in [2.75, 3.05) is 34.4 Å². The molecule has 1 heterocycles. The fraction of sp³-hybridized carbons (Fsp3) is 0.263. The molecule has 1 aliphatic heterocycles. The number of ether oxygens (including phenoxy) is 5. The van der Waals surface area contributed by atoms with Crippen LogP contribution in [0.5, 0.6) is 17.2 Å². The molecule has 0 aliphatic carbocycles. The maximum atomic E-state index is 5.69. The lowest BCUT2D eigenvalue weighted by atomic mass is 10.0. The third-order valence-electron chi connectivity index (χ3n) is 3.59. The molecule has 3 rings (SSSR count). The minimum atomic E-state index is 0.148. The largest absolute Gasteiger partial charge is 0.488 e. The highest BCUT2D eigenvalue weighted by atomic mass is 16.7. The molecular formula is C19H20O5. The Bertz CT molecular complexity index is 723. The molecule has 0 bridgehead atoms. The highest BCUT2D eigenvalue weighted by Gasteiger charge is 2.17. The number of para-hydroxylation sites is 1. The van der Waals surface area contributed by atoms with E-state index in [0.717, 1.165) is 22.4 Å². The van der Waals surface area contributed by atoms with E-state index in [-0.39, 0.29) is 13.6 Å². The molecule has 0 amide bonds. The van der Waals surface area contributed by atoms with Crippen LogP contribution in [0.1, 0.15) is 11.1 Å². The number of methoxy groups -OCH3 is 2. The molecule has 0 unspecified atom stereocenters. The molecule has 1 aliphatic rings.